The SMILES string of the molecule is CCc1ccc(COc2c(Br)cc(CO)cc2Br)s1. The van der Waals surface area contributed by atoms with Gasteiger partial charge < -0.3 is 9.84 Å². The van der Waals surface area contributed by atoms with E-state index < -0.39 is 0 Å². The van der Waals surface area contributed by atoms with Crippen molar-refractivity contribution < 1.29 is 9.84 Å². The van der Waals surface area contributed by atoms with Crippen LogP contribution in [-0.4, -0.2) is 5.11 Å². The molecule has 2 nitrogen and oxygen atoms in total. The summed E-state index contributed by atoms with van der Waals surface area (Å²) < 4.78 is 7.54. The quantitative estimate of drug-likeness (QED) is 0.765. The molecule has 0 saturated carbocycles. The molecule has 1 N–H and O–H groups in total. The van der Waals surface area contributed by atoms with Crippen LogP contribution in [0.4, 0.5) is 0 Å². The van der Waals surface area contributed by atoms with Crippen LogP contribution >= 0.6 is 43.2 Å². The lowest BCUT2D eigenvalue weighted by atomic mass is 10.2. The molecule has 0 saturated heterocycles. The Bertz CT molecular complexity index is 543. The summed E-state index contributed by atoms with van der Waals surface area (Å²) in [7, 11) is 0. The molecule has 0 aliphatic carbocycles. The normalized spacial score (nSPS) is 10.7. The Morgan fingerprint density at radius 1 is 1.16 bits per heavy atom. The molecule has 19 heavy (non-hydrogen) atoms. The lowest BCUT2D eigenvalue weighted by Gasteiger charge is -2.11. The summed E-state index contributed by atoms with van der Waals surface area (Å²) >= 11 is 8.71. The van der Waals surface area contributed by atoms with E-state index in [0.29, 0.717) is 6.61 Å². The fourth-order valence-corrected chi connectivity index (χ4v) is 4.06. The topological polar surface area (TPSA) is 29.5 Å². The van der Waals surface area contributed by atoms with Gasteiger partial charge in [-0.2, -0.15) is 0 Å². The van der Waals surface area contributed by atoms with E-state index in [9.17, 15) is 0 Å². The average molecular weight is 406 g/mol. The number of ether oxygens (including phenoxy) is 1. The van der Waals surface area contributed by atoms with E-state index in [-0.39, 0.29) is 6.61 Å². The van der Waals surface area contributed by atoms with E-state index in [4.69, 9.17) is 9.84 Å². The van der Waals surface area contributed by atoms with E-state index in [2.05, 4.69) is 50.9 Å². The average Bonchev–Trinajstić information content (AvgIpc) is 2.85. The second kappa shape index (κ2) is 6.88. The van der Waals surface area contributed by atoms with Crippen molar-refractivity contribution in [3.8, 4) is 5.75 Å². The summed E-state index contributed by atoms with van der Waals surface area (Å²) in [6.45, 7) is 2.72. The molecule has 1 aromatic heterocycles. The lowest BCUT2D eigenvalue weighted by Crippen LogP contribution is -1.96. The number of aryl methyl sites for hydroxylation is 1. The predicted octanol–water partition coefficient (Wildman–Crippen LogP) is 4.91. The number of aliphatic hydroxyl groups excluding tert-OH is 1. The molecular formula is C14H14Br2O2S. The highest BCUT2D eigenvalue weighted by Gasteiger charge is 2.09. The Morgan fingerprint density at radius 2 is 1.79 bits per heavy atom. The highest BCUT2D eigenvalue weighted by atomic mass is 79.9. The number of hydrogen-bond acceptors (Lipinski definition) is 3. The molecule has 1 heterocycles. The minimum Gasteiger partial charge on any atom is -0.486 e. The van der Waals surface area contributed by atoms with Gasteiger partial charge in [-0.15, -0.1) is 11.3 Å². The molecular weight excluding hydrogens is 392 g/mol. The van der Waals surface area contributed by atoms with Crippen LogP contribution in [0.2, 0.25) is 0 Å². The maximum Gasteiger partial charge on any atom is 0.148 e. The maximum absolute atomic E-state index is 9.13. The standard InChI is InChI=1S/C14H14Br2O2S/c1-2-10-3-4-11(19-10)8-18-14-12(15)5-9(7-17)6-13(14)16/h3-6,17H,2,7-8H2,1H3. The van der Waals surface area contributed by atoms with Crippen LogP contribution in [0.15, 0.2) is 33.2 Å². The van der Waals surface area contributed by atoms with Crippen molar-refractivity contribution >= 4 is 43.2 Å². The van der Waals surface area contributed by atoms with Crippen LogP contribution in [0, 0.1) is 0 Å². The van der Waals surface area contributed by atoms with Crippen LogP contribution in [0.3, 0.4) is 0 Å². The van der Waals surface area contributed by atoms with E-state index >= 15 is 0 Å². The summed E-state index contributed by atoms with van der Waals surface area (Å²) in [5.74, 6) is 0.767. The molecule has 0 bridgehead atoms. The van der Waals surface area contributed by atoms with E-state index in [1.807, 2.05) is 12.1 Å². The molecule has 0 fully saturated rings. The van der Waals surface area contributed by atoms with Crippen LogP contribution in [-0.2, 0) is 19.6 Å². The Kier molecular flexibility index (Phi) is 5.45. The number of benzene rings is 1. The van der Waals surface area contributed by atoms with Crippen molar-refractivity contribution in [3.63, 3.8) is 0 Å². The summed E-state index contributed by atoms with van der Waals surface area (Å²) in [4.78, 5) is 2.58. The van der Waals surface area contributed by atoms with Gasteiger partial charge in [0.25, 0.3) is 0 Å². The maximum atomic E-state index is 9.13. The lowest BCUT2D eigenvalue weighted by molar-refractivity contribution is 0.280. The van der Waals surface area contributed by atoms with Crippen molar-refractivity contribution in [2.75, 3.05) is 0 Å². The molecule has 2 aromatic rings. The van der Waals surface area contributed by atoms with E-state index in [0.717, 1.165) is 26.7 Å². The molecule has 0 unspecified atom stereocenters. The molecule has 0 amide bonds. The summed E-state index contributed by atoms with van der Waals surface area (Å²) in [5.41, 5.74) is 0.843. The first-order valence-electron chi connectivity index (χ1n) is 5.93. The molecule has 0 aliphatic rings. The molecule has 102 valence electrons. The van der Waals surface area contributed by atoms with Gasteiger partial charge in [0.2, 0.25) is 0 Å². The number of hydrogen-bond donors (Lipinski definition) is 1. The minimum absolute atomic E-state index is 0.0161. The molecule has 1 aromatic carbocycles. The Balaban J connectivity index is 2.11. The van der Waals surface area contributed by atoms with Crippen molar-refractivity contribution in [1.29, 1.82) is 0 Å². The first-order chi connectivity index (χ1) is 9.13. The Hall–Kier alpha value is -0.360. The smallest absolute Gasteiger partial charge is 0.148 e. The fraction of sp³-hybridized carbons (Fsp3) is 0.286. The van der Waals surface area contributed by atoms with Gasteiger partial charge in [0.15, 0.2) is 0 Å². The van der Waals surface area contributed by atoms with Crippen molar-refractivity contribution in [3.05, 3.63) is 48.5 Å². The van der Waals surface area contributed by atoms with Crippen LogP contribution in [0.5, 0.6) is 5.75 Å². The molecule has 0 aliphatic heterocycles. The van der Waals surface area contributed by atoms with Crippen molar-refractivity contribution in [1.82, 2.24) is 0 Å². The second-order valence-electron chi connectivity index (χ2n) is 4.06. The van der Waals surface area contributed by atoms with Gasteiger partial charge in [0.05, 0.1) is 15.6 Å². The zero-order chi connectivity index (χ0) is 13.8. The van der Waals surface area contributed by atoms with Crippen LogP contribution < -0.4 is 4.74 Å². The number of halogens is 2. The summed E-state index contributed by atoms with van der Waals surface area (Å²) in [6, 6.07) is 7.98. The van der Waals surface area contributed by atoms with Gasteiger partial charge in [0.1, 0.15) is 12.4 Å². The van der Waals surface area contributed by atoms with E-state index in [1.165, 1.54) is 9.75 Å². The Morgan fingerprint density at radius 3 is 2.32 bits per heavy atom. The van der Waals surface area contributed by atoms with Gasteiger partial charge in [-0.3, -0.25) is 0 Å². The fourth-order valence-electron chi connectivity index (χ4n) is 1.67. The first-order valence-corrected chi connectivity index (χ1v) is 8.33. The van der Waals surface area contributed by atoms with Crippen molar-refractivity contribution in [2.45, 2.75) is 26.6 Å². The minimum atomic E-state index is 0.0161. The van der Waals surface area contributed by atoms with E-state index in [1.54, 1.807) is 11.3 Å². The monoisotopic (exact) mass is 404 g/mol. The van der Waals surface area contributed by atoms with Crippen LogP contribution in [0.25, 0.3) is 0 Å². The Labute approximate surface area is 133 Å². The summed E-state index contributed by atoms with van der Waals surface area (Å²) in [5, 5.41) is 9.13. The van der Waals surface area contributed by atoms with Gasteiger partial charge in [0, 0.05) is 9.75 Å². The molecule has 0 spiro atoms. The van der Waals surface area contributed by atoms with Crippen molar-refractivity contribution in [2.24, 2.45) is 0 Å². The molecule has 5 heteroatoms. The molecule has 0 atom stereocenters. The number of thiophene rings is 1. The van der Waals surface area contributed by atoms with Crippen LogP contribution in [0.1, 0.15) is 22.2 Å². The molecule has 2 rings (SSSR count). The van der Waals surface area contributed by atoms with Gasteiger partial charge in [-0.25, -0.2) is 0 Å². The molecule has 0 radical (unpaired) electrons. The zero-order valence-electron chi connectivity index (χ0n) is 10.5. The van der Waals surface area contributed by atoms with Gasteiger partial charge in [-0.05, 0) is 68.1 Å². The third-order valence-corrected chi connectivity index (χ3v) is 5.05. The number of rotatable bonds is 5. The van der Waals surface area contributed by atoms with Gasteiger partial charge in [-0.1, -0.05) is 6.92 Å². The zero-order valence-corrected chi connectivity index (χ0v) is 14.4. The van der Waals surface area contributed by atoms with Gasteiger partial charge >= 0.3 is 0 Å². The third kappa shape index (κ3) is 3.81. The second-order valence-corrected chi connectivity index (χ2v) is 7.02. The summed E-state index contributed by atoms with van der Waals surface area (Å²) in [6.07, 6.45) is 1.06. The first kappa shape index (κ1) is 15.0. The predicted molar refractivity (Wildman–Crippen MR) is 85.8 cm³/mol. The largest absolute Gasteiger partial charge is 0.486 e. The number of aliphatic hydroxyl groups is 1. The highest BCUT2D eigenvalue weighted by Crippen LogP contribution is 2.35. The highest BCUT2D eigenvalue weighted by molar-refractivity contribution is 9.11. The third-order valence-electron chi connectivity index (χ3n) is 2.67.